The van der Waals surface area contributed by atoms with Crippen LogP contribution in [0.3, 0.4) is 0 Å². The predicted molar refractivity (Wildman–Crippen MR) is 124 cm³/mol. The molecule has 4 rings (SSSR count). The molecule has 2 N–H and O–H groups in total. The number of rotatable bonds is 9. The number of anilines is 1. The molecule has 0 aliphatic carbocycles. The smallest absolute Gasteiger partial charge is 0.336 e. The Morgan fingerprint density at radius 1 is 1.43 bits per heavy atom. The molecule has 1 aromatic rings. The lowest BCUT2D eigenvalue weighted by molar-refractivity contribution is -0.155. The third-order valence-electron chi connectivity index (χ3n) is 5.13. The first kappa shape index (κ1) is 25.1. The van der Waals surface area contributed by atoms with Gasteiger partial charge in [0.25, 0.3) is 11.8 Å². The number of aromatic nitrogens is 1. The lowest BCUT2D eigenvalue weighted by Gasteiger charge is -2.47. The molecule has 15 heteroatoms. The molecule has 0 radical (unpaired) electrons. The van der Waals surface area contributed by atoms with Crippen molar-refractivity contribution in [1.82, 2.24) is 15.2 Å². The van der Waals surface area contributed by atoms with E-state index in [1.165, 1.54) is 35.4 Å². The number of amides is 3. The van der Waals surface area contributed by atoms with Crippen molar-refractivity contribution in [2.75, 3.05) is 31.4 Å². The lowest BCUT2D eigenvalue weighted by atomic mass is 10.1. The summed E-state index contributed by atoms with van der Waals surface area (Å²) in [6, 6.07) is -0.819. The number of oxime groups is 1. The van der Waals surface area contributed by atoms with Crippen molar-refractivity contribution in [2.45, 2.75) is 37.2 Å². The number of carbonyl (C=O) groups excluding carboxylic acids is 4. The van der Waals surface area contributed by atoms with Gasteiger partial charge in [-0.05, 0) is 13.8 Å². The average Bonchev–Trinajstić information content (AvgIpc) is 3.44. The third kappa shape index (κ3) is 5.47. The summed E-state index contributed by atoms with van der Waals surface area (Å²) >= 11 is 2.43. The summed E-state index contributed by atoms with van der Waals surface area (Å²) in [5.74, 6) is -1.99. The van der Waals surface area contributed by atoms with Gasteiger partial charge in [-0.2, -0.15) is 0 Å². The van der Waals surface area contributed by atoms with Gasteiger partial charge in [-0.3, -0.25) is 14.4 Å². The van der Waals surface area contributed by atoms with Crippen LogP contribution < -0.4 is 10.6 Å². The number of carbonyl (C=O) groups is 4. The van der Waals surface area contributed by atoms with Gasteiger partial charge < -0.3 is 34.6 Å². The quantitative estimate of drug-likeness (QED) is 0.148. The largest absolute Gasteiger partial charge is 0.459 e. The molecule has 0 saturated carbocycles. The Kier molecular flexibility index (Phi) is 7.39. The second kappa shape index (κ2) is 10.3. The fraction of sp³-hybridized carbons (Fsp3) is 0.500. The highest BCUT2D eigenvalue weighted by Gasteiger charge is 2.50. The van der Waals surface area contributed by atoms with Crippen LogP contribution in [-0.2, 0) is 38.2 Å². The van der Waals surface area contributed by atoms with Gasteiger partial charge in [0.15, 0.2) is 16.6 Å². The zero-order chi connectivity index (χ0) is 25.2. The van der Waals surface area contributed by atoms with Crippen molar-refractivity contribution in [3.05, 3.63) is 22.8 Å². The highest BCUT2D eigenvalue weighted by atomic mass is 32.2. The maximum Gasteiger partial charge on any atom is 0.336 e. The van der Waals surface area contributed by atoms with E-state index < -0.39 is 23.7 Å². The summed E-state index contributed by atoms with van der Waals surface area (Å²) < 4.78 is 16.4. The van der Waals surface area contributed by atoms with E-state index in [0.29, 0.717) is 24.3 Å². The van der Waals surface area contributed by atoms with Crippen molar-refractivity contribution in [1.29, 1.82) is 0 Å². The molecule has 188 valence electrons. The summed E-state index contributed by atoms with van der Waals surface area (Å²) in [6.07, 6.45) is 1.56. The van der Waals surface area contributed by atoms with Gasteiger partial charge in [-0.25, -0.2) is 9.78 Å². The topological polar surface area (TPSA) is 158 Å². The molecule has 0 bridgehead atoms. The van der Waals surface area contributed by atoms with Crippen LogP contribution in [0.1, 0.15) is 19.5 Å². The summed E-state index contributed by atoms with van der Waals surface area (Å²) in [6.45, 7) is 3.93. The van der Waals surface area contributed by atoms with E-state index in [1.54, 1.807) is 13.8 Å². The van der Waals surface area contributed by atoms with E-state index in [0.717, 1.165) is 11.3 Å². The van der Waals surface area contributed by atoms with Gasteiger partial charge in [-0.1, -0.05) is 5.16 Å². The lowest BCUT2D eigenvalue weighted by Crippen LogP contribution is -2.69. The van der Waals surface area contributed by atoms with Crippen molar-refractivity contribution < 1.29 is 38.2 Å². The molecule has 1 aromatic heterocycles. The molecule has 3 aliphatic rings. The van der Waals surface area contributed by atoms with E-state index >= 15 is 0 Å². The maximum atomic E-state index is 12.8. The molecular formula is C20H23N5O8S2. The van der Waals surface area contributed by atoms with Crippen LogP contribution in [0.2, 0.25) is 0 Å². The number of nitrogens with one attached hydrogen (secondary N) is 2. The Morgan fingerprint density at radius 2 is 2.23 bits per heavy atom. The van der Waals surface area contributed by atoms with Crippen LogP contribution in [0.25, 0.3) is 0 Å². The number of nitrogens with zero attached hydrogens (tertiary/aromatic N) is 3. The molecule has 4 heterocycles. The van der Waals surface area contributed by atoms with Crippen LogP contribution in [0.15, 0.2) is 22.3 Å². The molecule has 2 unspecified atom stereocenters. The minimum Gasteiger partial charge on any atom is -0.459 e. The van der Waals surface area contributed by atoms with Crippen LogP contribution in [-0.4, -0.2) is 89.2 Å². The highest BCUT2D eigenvalue weighted by Crippen LogP contribution is 2.36. The zero-order valence-electron chi connectivity index (χ0n) is 19.0. The average molecular weight is 526 g/mol. The normalized spacial score (nSPS) is 25.2. The van der Waals surface area contributed by atoms with Crippen LogP contribution in [0, 0.1) is 0 Å². The number of β-lactam (4-membered cyclic amide) rings is 1. The minimum absolute atomic E-state index is 0.0443. The molecule has 0 aromatic carbocycles. The minimum atomic E-state index is -0.819. The number of esters is 1. The van der Waals surface area contributed by atoms with Gasteiger partial charge in [0.2, 0.25) is 6.41 Å². The maximum absolute atomic E-state index is 12.8. The van der Waals surface area contributed by atoms with Gasteiger partial charge >= 0.3 is 5.97 Å². The number of thiazole rings is 1. The predicted octanol–water partition coefficient (Wildman–Crippen LogP) is 0.0404. The summed E-state index contributed by atoms with van der Waals surface area (Å²) in [4.78, 5) is 58.8. The highest BCUT2D eigenvalue weighted by molar-refractivity contribution is 8.00. The fourth-order valence-corrected chi connectivity index (χ4v) is 5.44. The zero-order valence-corrected chi connectivity index (χ0v) is 20.6. The number of thioether (sulfide) groups is 1. The molecular weight excluding hydrogens is 502 g/mol. The monoisotopic (exact) mass is 525 g/mol. The Morgan fingerprint density at radius 3 is 2.91 bits per heavy atom. The second-order valence-corrected chi connectivity index (χ2v) is 9.99. The number of fused-ring (bicyclic) bond motifs is 1. The SMILES string of the molecule is CON=C(C(=O)NC1C(=O)N2C=C(C(=O)OCC3COC(C)(C)O3)CS[C@H]12)c1csc(NC=O)n1. The third-order valence-corrected chi connectivity index (χ3v) is 7.22. The first-order valence-electron chi connectivity index (χ1n) is 10.4. The number of hydrogen-bond acceptors (Lipinski definition) is 12. The first-order valence-corrected chi connectivity index (χ1v) is 12.4. The van der Waals surface area contributed by atoms with E-state index in [9.17, 15) is 19.2 Å². The van der Waals surface area contributed by atoms with Gasteiger partial charge in [0.05, 0.1) is 12.2 Å². The Labute approximate surface area is 208 Å². The van der Waals surface area contributed by atoms with Crippen molar-refractivity contribution in [3.8, 4) is 0 Å². The Bertz CT molecular complexity index is 1090. The van der Waals surface area contributed by atoms with E-state index in [-0.39, 0.29) is 40.5 Å². The fourth-order valence-electron chi connectivity index (χ4n) is 3.54. The van der Waals surface area contributed by atoms with Gasteiger partial charge in [-0.15, -0.1) is 23.1 Å². The Hall–Kier alpha value is -3.01. The summed E-state index contributed by atoms with van der Waals surface area (Å²) in [7, 11) is 1.27. The number of hydrogen-bond donors (Lipinski definition) is 2. The van der Waals surface area contributed by atoms with Crippen molar-refractivity contribution in [3.63, 3.8) is 0 Å². The summed E-state index contributed by atoms with van der Waals surface area (Å²) in [5.41, 5.74) is 0.376. The second-order valence-electron chi connectivity index (χ2n) is 8.02. The Balaban J connectivity index is 1.34. The van der Waals surface area contributed by atoms with Crippen molar-refractivity contribution >= 4 is 58.1 Å². The van der Waals surface area contributed by atoms with Crippen LogP contribution in [0.5, 0.6) is 0 Å². The van der Waals surface area contributed by atoms with Gasteiger partial charge in [0.1, 0.15) is 36.9 Å². The molecule has 35 heavy (non-hydrogen) atoms. The first-order chi connectivity index (χ1) is 16.7. The molecule has 3 aliphatic heterocycles. The van der Waals surface area contributed by atoms with Crippen LogP contribution >= 0.6 is 23.1 Å². The summed E-state index contributed by atoms with van der Waals surface area (Å²) in [5, 5.41) is 10.2. The molecule has 2 saturated heterocycles. The van der Waals surface area contributed by atoms with E-state index in [2.05, 4.69) is 20.8 Å². The number of ether oxygens (including phenoxy) is 3. The molecule has 3 amide bonds. The van der Waals surface area contributed by atoms with Crippen LogP contribution in [0.4, 0.5) is 5.13 Å². The molecule has 2 fully saturated rings. The molecule has 13 nitrogen and oxygen atoms in total. The van der Waals surface area contributed by atoms with Crippen molar-refractivity contribution in [2.24, 2.45) is 5.16 Å². The van der Waals surface area contributed by atoms with Gasteiger partial charge in [0, 0.05) is 17.3 Å². The van der Waals surface area contributed by atoms with E-state index in [1.807, 2.05) is 0 Å². The van der Waals surface area contributed by atoms with E-state index in [4.69, 9.17) is 19.0 Å². The standard InChI is InChI=1S/C20H23N5O8S2/c1-20(2)32-6-11(33-20)5-31-18(29)10-4-25-16(28)14(17(25)34-7-10)23-15(27)13(24-30-3)12-8-35-19(22-12)21-9-26/h4,8-9,11,14,17H,5-7H2,1-3H3,(H,23,27)(H,21,22,26)/t11?,14?,17-/m1/s1. The molecule has 3 atom stereocenters. The molecule has 0 spiro atoms.